The van der Waals surface area contributed by atoms with Crippen molar-refractivity contribution in [2.75, 3.05) is 26.2 Å². The molecule has 0 bridgehead atoms. The van der Waals surface area contributed by atoms with Gasteiger partial charge in [-0.25, -0.2) is 9.37 Å². The van der Waals surface area contributed by atoms with Crippen molar-refractivity contribution in [3.8, 4) is 0 Å². The number of hydrogen-bond donors (Lipinski definition) is 1. The van der Waals surface area contributed by atoms with Gasteiger partial charge in [0.1, 0.15) is 11.6 Å². The van der Waals surface area contributed by atoms with Gasteiger partial charge < -0.3 is 9.88 Å². The maximum absolute atomic E-state index is 13.0. The summed E-state index contributed by atoms with van der Waals surface area (Å²) in [6.45, 7) is 4.65. The predicted molar refractivity (Wildman–Crippen MR) is 109 cm³/mol. The van der Waals surface area contributed by atoms with Crippen LogP contribution in [0, 0.1) is 5.82 Å². The number of hydrogen-bond acceptors (Lipinski definition) is 4. The number of aromatic amines is 1. The molecule has 2 aromatic carbocycles. The zero-order chi connectivity index (χ0) is 20.4. The molecular weight excluding hydrogens is 371 g/mol. The van der Waals surface area contributed by atoms with Gasteiger partial charge in [-0.2, -0.15) is 0 Å². The van der Waals surface area contributed by atoms with Gasteiger partial charge >= 0.3 is 0 Å². The summed E-state index contributed by atoms with van der Waals surface area (Å²) in [7, 11) is 0. The lowest BCUT2D eigenvalue weighted by molar-refractivity contribution is -0.132. The van der Waals surface area contributed by atoms with Gasteiger partial charge in [-0.1, -0.05) is 24.3 Å². The third-order valence-electron chi connectivity index (χ3n) is 5.51. The molecule has 0 radical (unpaired) electrons. The van der Waals surface area contributed by atoms with Crippen molar-refractivity contribution in [1.82, 2.24) is 19.8 Å². The van der Waals surface area contributed by atoms with Crippen molar-refractivity contribution >= 4 is 16.8 Å². The molecule has 1 atom stereocenters. The maximum Gasteiger partial charge on any atom is 0.258 e. The van der Waals surface area contributed by atoms with Crippen LogP contribution in [0.2, 0.25) is 0 Å². The Kier molecular flexibility index (Phi) is 5.40. The monoisotopic (exact) mass is 394 g/mol. The molecule has 1 N–H and O–H groups in total. The number of carbonyl (C=O) groups is 1. The lowest BCUT2D eigenvalue weighted by atomic mass is 10.1. The number of H-pyrrole nitrogens is 1. The van der Waals surface area contributed by atoms with Crippen molar-refractivity contribution in [3.05, 3.63) is 76.1 Å². The number of nitrogens with zero attached hydrogens (tertiary/aromatic N) is 3. The highest BCUT2D eigenvalue weighted by molar-refractivity contribution is 5.79. The Balaban J connectivity index is 1.39. The number of benzene rings is 2. The summed E-state index contributed by atoms with van der Waals surface area (Å²) < 4.78 is 13.0. The molecule has 1 saturated heterocycles. The Morgan fingerprint density at radius 3 is 2.52 bits per heavy atom. The molecule has 150 valence electrons. The number of fused-ring (bicyclic) bond motifs is 1. The van der Waals surface area contributed by atoms with E-state index < -0.39 is 0 Å². The zero-order valence-electron chi connectivity index (χ0n) is 16.3. The number of piperazine rings is 1. The summed E-state index contributed by atoms with van der Waals surface area (Å²) in [5.41, 5.74) is 1.36. The Morgan fingerprint density at radius 1 is 1.10 bits per heavy atom. The van der Waals surface area contributed by atoms with E-state index >= 15 is 0 Å². The van der Waals surface area contributed by atoms with Crippen LogP contribution in [0.5, 0.6) is 0 Å². The van der Waals surface area contributed by atoms with Gasteiger partial charge in [-0.3, -0.25) is 14.5 Å². The van der Waals surface area contributed by atoms with E-state index in [-0.39, 0.29) is 29.7 Å². The van der Waals surface area contributed by atoms with Gasteiger partial charge in [-0.15, -0.1) is 0 Å². The van der Waals surface area contributed by atoms with Crippen LogP contribution in [-0.4, -0.2) is 51.9 Å². The van der Waals surface area contributed by atoms with Gasteiger partial charge in [0.25, 0.3) is 5.56 Å². The van der Waals surface area contributed by atoms with E-state index in [1.165, 1.54) is 12.1 Å². The standard InChI is InChI=1S/C22H23FN4O2/c1-15(21-24-19-5-3-2-4-18(19)22(29)25-21)26-10-12-27(13-11-26)20(28)14-16-6-8-17(23)9-7-16/h2-9,15H,10-14H2,1H3,(H,24,25,29). The largest absolute Gasteiger partial charge is 0.340 e. The number of nitrogens with one attached hydrogen (secondary N) is 1. The van der Waals surface area contributed by atoms with E-state index in [0.29, 0.717) is 42.9 Å². The van der Waals surface area contributed by atoms with Gasteiger partial charge in [0.2, 0.25) is 5.91 Å². The fourth-order valence-electron chi connectivity index (χ4n) is 3.72. The molecule has 1 unspecified atom stereocenters. The minimum absolute atomic E-state index is 0.0427. The van der Waals surface area contributed by atoms with Crippen LogP contribution in [0.1, 0.15) is 24.4 Å². The summed E-state index contributed by atoms with van der Waals surface area (Å²) in [5, 5.41) is 0.583. The van der Waals surface area contributed by atoms with Crippen LogP contribution in [0.4, 0.5) is 4.39 Å². The van der Waals surface area contributed by atoms with Crippen LogP contribution < -0.4 is 5.56 Å². The van der Waals surface area contributed by atoms with E-state index in [9.17, 15) is 14.0 Å². The molecule has 2 heterocycles. The van der Waals surface area contributed by atoms with Crippen molar-refractivity contribution < 1.29 is 9.18 Å². The summed E-state index contributed by atoms with van der Waals surface area (Å²) in [6, 6.07) is 13.3. The lowest BCUT2D eigenvalue weighted by Crippen LogP contribution is -2.50. The normalized spacial score (nSPS) is 16.1. The van der Waals surface area contributed by atoms with Crippen molar-refractivity contribution in [3.63, 3.8) is 0 Å². The highest BCUT2D eigenvalue weighted by Crippen LogP contribution is 2.20. The maximum atomic E-state index is 13.0. The minimum Gasteiger partial charge on any atom is -0.340 e. The first-order valence-electron chi connectivity index (χ1n) is 9.76. The highest BCUT2D eigenvalue weighted by atomic mass is 19.1. The average Bonchev–Trinajstić information content (AvgIpc) is 2.75. The Bertz CT molecular complexity index is 1070. The van der Waals surface area contributed by atoms with E-state index in [2.05, 4.69) is 14.9 Å². The fraction of sp³-hybridized carbons (Fsp3) is 0.318. The van der Waals surface area contributed by atoms with Crippen LogP contribution in [0.15, 0.2) is 53.3 Å². The van der Waals surface area contributed by atoms with Gasteiger partial charge in [0, 0.05) is 26.2 Å². The molecule has 7 heteroatoms. The minimum atomic E-state index is -0.302. The lowest BCUT2D eigenvalue weighted by Gasteiger charge is -2.37. The molecular formula is C22H23FN4O2. The van der Waals surface area contributed by atoms with Crippen molar-refractivity contribution in [2.45, 2.75) is 19.4 Å². The molecule has 3 aromatic rings. The number of halogens is 1. The molecule has 0 saturated carbocycles. The number of carbonyl (C=O) groups excluding carboxylic acids is 1. The highest BCUT2D eigenvalue weighted by Gasteiger charge is 2.26. The van der Waals surface area contributed by atoms with Crippen LogP contribution in [-0.2, 0) is 11.2 Å². The predicted octanol–water partition coefficient (Wildman–Crippen LogP) is 2.51. The van der Waals surface area contributed by atoms with Gasteiger partial charge in [0.05, 0.1) is 23.4 Å². The Hall–Kier alpha value is -3.06. The Labute approximate surface area is 168 Å². The van der Waals surface area contributed by atoms with E-state index in [1.54, 1.807) is 18.2 Å². The fourth-order valence-corrected chi connectivity index (χ4v) is 3.72. The Morgan fingerprint density at radius 2 is 1.79 bits per heavy atom. The average molecular weight is 394 g/mol. The second-order valence-electron chi connectivity index (χ2n) is 7.36. The van der Waals surface area contributed by atoms with E-state index in [0.717, 1.165) is 5.56 Å². The summed E-state index contributed by atoms with van der Waals surface area (Å²) >= 11 is 0. The zero-order valence-corrected chi connectivity index (χ0v) is 16.3. The topological polar surface area (TPSA) is 69.3 Å². The number of aromatic nitrogens is 2. The summed E-state index contributed by atoms with van der Waals surface area (Å²) in [4.78, 5) is 36.4. The summed E-state index contributed by atoms with van der Waals surface area (Å²) in [6.07, 6.45) is 0.273. The van der Waals surface area contributed by atoms with Gasteiger partial charge in [0.15, 0.2) is 0 Å². The van der Waals surface area contributed by atoms with Crippen molar-refractivity contribution in [1.29, 1.82) is 0 Å². The number of amides is 1. The van der Waals surface area contributed by atoms with E-state index in [4.69, 9.17) is 0 Å². The quantitative estimate of drug-likeness (QED) is 0.738. The molecule has 1 aliphatic rings. The van der Waals surface area contributed by atoms with Gasteiger partial charge in [-0.05, 0) is 36.8 Å². The molecule has 1 fully saturated rings. The molecule has 1 amide bonds. The molecule has 4 rings (SSSR count). The summed E-state index contributed by atoms with van der Waals surface area (Å²) in [5.74, 6) is 0.380. The third-order valence-corrected chi connectivity index (χ3v) is 5.51. The number of rotatable bonds is 4. The SMILES string of the molecule is CC(c1nc2ccccc2c(=O)[nH]1)N1CCN(C(=O)Cc2ccc(F)cc2)CC1. The second kappa shape index (κ2) is 8.13. The molecule has 1 aliphatic heterocycles. The van der Waals surface area contributed by atoms with Crippen LogP contribution in [0.25, 0.3) is 10.9 Å². The van der Waals surface area contributed by atoms with Crippen molar-refractivity contribution in [2.24, 2.45) is 0 Å². The molecule has 29 heavy (non-hydrogen) atoms. The molecule has 6 nitrogen and oxygen atoms in total. The van der Waals surface area contributed by atoms with Crippen LogP contribution >= 0.6 is 0 Å². The van der Waals surface area contributed by atoms with Crippen LogP contribution in [0.3, 0.4) is 0 Å². The molecule has 0 aliphatic carbocycles. The first-order valence-corrected chi connectivity index (χ1v) is 9.76. The molecule has 0 spiro atoms. The smallest absolute Gasteiger partial charge is 0.258 e. The van der Waals surface area contributed by atoms with E-state index in [1.807, 2.05) is 30.0 Å². The third kappa shape index (κ3) is 4.19. The first-order chi connectivity index (χ1) is 14.0. The molecule has 1 aromatic heterocycles. The second-order valence-corrected chi connectivity index (χ2v) is 7.36. The first kappa shape index (κ1) is 19.3. The number of para-hydroxylation sites is 1.